The molecule has 0 radical (unpaired) electrons. The smallest absolute Gasteiger partial charge is 0.409 e. The van der Waals surface area contributed by atoms with Gasteiger partial charge in [0.2, 0.25) is 5.91 Å². The number of hydrogen-bond donors (Lipinski definition) is 1. The molecular formula is C14H17Cl2N3O3. The molecule has 1 N–H and O–H groups in total. The molecular weight excluding hydrogens is 329 g/mol. The first kappa shape index (κ1) is 16.9. The molecule has 2 rings (SSSR count). The lowest BCUT2D eigenvalue weighted by atomic mass is 10.3. The number of nitrogens with zero attached hydrogens (tertiary/aromatic N) is 2. The Morgan fingerprint density at radius 3 is 2.50 bits per heavy atom. The van der Waals surface area contributed by atoms with Crippen LogP contribution in [0.25, 0.3) is 0 Å². The number of carbonyl (C=O) groups is 2. The van der Waals surface area contributed by atoms with Gasteiger partial charge in [0.25, 0.3) is 0 Å². The number of carbonyl (C=O) groups excluding carboxylic acids is 2. The van der Waals surface area contributed by atoms with Crippen molar-refractivity contribution in [3.8, 4) is 0 Å². The van der Waals surface area contributed by atoms with Crippen LogP contribution in [0.2, 0.25) is 10.0 Å². The fourth-order valence-electron chi connectivity index (χ4n) is 2.20. The van der Waals surface area contributed by atoms with E-state index in [1.165, 1.54) is 7.11 Å². The third kappa shape index (κ3) is 4.50. The Morgan fingerprint density at radius 2 is 1.91 bits per heavy atom. The Hall–Kier alpha value is -1.50. The first-order chi connectivity index (χ1) is 10.5. The lowest BCUT2D eigenvalue weighted by Gasteiger charge is -2.33. The lowest BCUT2D eigenvalue weighted by molar-refractivity contribution is -0.117. The highest BCUT2D eigenvalue weighted by Gasteiger charge is 2.22. The van der Waals surface area contributed by atoms with E-state index in [1.807, 2.05) is 4.90 Å². The van der Waals surface area contributed by atoms with Crippen molar-refractivity contribution < 1.29 is 14.3 Å². The van der Waals surface area contributed by atoms with E-state index in [9.17, 15) is 9.59 Å². The standard InChI is InChI=1S/C14H17Cl2N3O3/c1-22-14(21)19-6-4-18(5-7-19)9-13(20)17-12-3-2-10(15)8-11(12)16/h2-3,8H,4-7,9H2,1H3,(H,17,20). The molecule has 1 aliphatic rings. The van der Waals surface area contributed by atoms with Crippen LogP contribution in [0, 0.1) is 0 Å². The topological polar surface area (TPSA) is 61.9 Å². The Labute approximate surface area is 138 Å². The maximum Gasteiger partial charge on any atom is 0.409 e. The fourth-order valence-corrected chi connectivity index (χ4v) is 2.66. The van der Waals surface area contributed by atoms with Crippen molar-refractivity contribution in [1.82, 2.24) is 9.80 Å². The average Bonchev–Trinajstić information content (AvgIpc) is 2.50. The van der Waals surface area contributed by atoms with E-state index in [4.69, 9.17) is 23.2 Å². The number of piperazine rings is 1. The number of benzene rings is 1. The Bertz CT molecular complexity index is 560. The van der Waals surface area contributed by atoms with Gasteiger partial charge in [0.1, 0.15) is 0 Å². The van der Waals surface area contributed by atoms with Gasteiger partial charge in [-0.15, -0.1) is 0 Å². The monoisotopic (exact) mass is 345 g/mol. The second-order valence-corrected chi connectivity index (χ2v) is 5.75. The van der Waals surface area contributed by atoms with Gasteiger partial charge >= 0.3 is 6.09 Å². The molecule has 120 valence electrons. The summed E-state index contributed by atoms with van der Waals surface area (Å²) in [6.07, 6.45) is -0.336. The number of hydrogen-bond acceptors (Lipinski definition) is 4. The molecule has 2 amide bonds. The van der Waals surface area contributed by atoms with Crippen LogP contribution in [0.5, 0.6) is 0 Å². The molecule has 1 aliphatic heterocycles. The van der Waals surface area contributed by atoms with Gasteiger partial charge in [-0.05, 0) is 18.2 Å². The predicted octanol–water partition coefficient (Wildman–Crippen LogP) is 2.32. The number of anilines is 1. The van der Waals surface area contributed by atoms with Gasteiger partial charge in [0, 0.05) is 31.2 Å². The zero-order valence-electron chi connectivity index (χ0n) is 12.1. The van der Waals surface area contributed by atoms with Gasteiger partial charge < -0.3 is 15.0 Å². The van der Waals surface area contributed by atoms with Crippen LogP contribution < -0.4 is 5.32 Å². The number of ether oxygens (including phenoxy) is 1. The molecule has 1 aromatic rings. The van der Waals surface area contributed by atoms with Gasteiger partial charge in [0.05, 0.1) is 24.4 Å². The molecule has 1 heterocycles. The highest BCUT2D eigenvalue weighted by atomic mass is 35.5. The second kappa shape index (κ2) is 7.67. The van der Waals surface area contributed by atoms with E-state index in [0.29, 0.717) is 41.9 Å². The van der Waals surface area contributed by atoms with E-state index in [-0.39, 0.29) is 18.5 Å². The molecule has 8 heteroatoms. The number of halogens is 2. The summed E-state index contributed by atoms with van der Waals surface area (Å²) in [5.41, 5.74) is 0.532. The third-order valence-electron chi connectivity index (χ3n) is 3.38. The molecule has 22 heavy (non-hydrogen) atoms. The molecule has 1 aromatic carbocycles. The zero-order valence-corrected chi connectivity index (χ0v) is 13.7. The minimum absolute atomic E-state index is 0.157. The first-order valence-corrected chi connectivity index (χ1v) is 7.55. The van der Waals surface area contributed by atoms with Gasteiger partial charge in [0.15, 0.2) is 0 Å². The van der Waals surface area contributed by atoms with Crippen molar-refractivity contribution in [2.75, 3.05) is 45.2 Å². The van der Waals surface area contributed by atoms with E-state index < -0.39 is 0 Å². The van der Waals surface area contributed by atoms with Crippen molar-refractivity contribution in [3.05, 3.63) is 28.2 Å². The van der Waals surface area contributed by atoms with Crippen molar-refractivity contribution in [3.63, 3.8) is 0 Å². The summed E-state index contributed by atoms with van der Waals surface area (Å²) in [6, 6.07) is 4.91. The minimum Gasteiger partial charge on any atom is -0.453 e. The van der Waals surface area contributed by atoms with Crippen molar-refractivity contribution >= 4 is 40.9 Å². The number of rotatable bonds is 3. The van der Waals surface area contributed by atoms with Crippen LogP contribution in [-0.2, 0) is 9.53 Å². The molecule has 0 unspecified atom stereocenters. The van der Waals surface area contributed by atoms with E-state index in [1.54, 1.807) is 23.1 Å². The van der Waals surface area contributed by atoms with Gasteiger partial charge in [-0.2, -0.15) is 0 Å². The quantitative estimate of drug-likeness (QED) is 0.913. The van der Waals surface area contributed by atoms with Crippen LogP contribution in [0.4, 0.5) is 10.5 Å². The number of amides is 2. The number of nitrogens with one attached hydrogen (secondary N) is 1. The Balaban J connectivity index is 1.82. The van der Waals surface area contributed by atoms with Crippen LogP contribution in [0.3, 0.4) is 0 Å². The summed E-state index contributed by atoms with van der Waals surface area (Å²) >= 11 is 11.8. The Morgan fingerprint density at radius 1 is 1.23 bits per heavy atom. The molecule has 0 atom stereocenters. The van der Waals surface area contributed by atoms with Crippen LogP contribution in [0.15, 0.2) is 18.2 Å². The largest absolute Gasteiger partial charge is 0.453 e. The van der Waals surface area contributed by atoms with E-state index in [0.717, 1.165) is 0 Å². The average molecular weight is 346 g/mol. The fraction of sp³-hybridized carbons (Fsp3) is 0.429. The second-order valence-electron chi connectivity index (χ2n) is 4.91. The summed E-state index contributed by atoms with van der Waals surface area (Å²) in [6.45, 7) is 2.57. The maximum absolute atomic E-state index is 12.0. The number of methoxy groups -OCH3 is 1. The van der Waals surface area contributed by atoms with Gasteiger partial charge in [-0.1, -0.05) is 23.2 Å². The van der Waals surface area contributed by atoms with Crippen LogP contribution in [-0.4, -0.2) is 61.6 Å². The molecule has 1 fully saturated rings. The summed E-state index contributed by atoms with van der Waals surface area (Å²) in [4.78, 5) is 27.0. The predicted molar refractivity (Wildman–Crippen MR) is 85.5 cm³/mol. The first-order valence-electron chi connectivity index (χ1n) is 6.79. The van der Waals surface area contributed by atoms with Crippen molar-refractivity contribution in [1.29, 1.82) is 0 Å². The molecule has 1 saturated heterocycles. The molecule has 0 aromatic heterocycles. The van der Waals surface area contributed by atoms with Crippen molar-refractivity contribution in [2.24, 2.45) is 0 Å². The summed E-state index contributed by atoms with van der Waals surface area (Å²) < 4.78 is 4.67. The highest BCUT2D eigenvalue weighted by molar-refractivity contribution is 6.36. The van der Waals surface area contributed by atoms with Gasteiger partial charge in [-0.25, -0.2) is 4.79 Å². The van der Waals surface area contributed by atoms with Crippen LogP contribution >= 0.6 is 23.2 Å². The van der Waals surface area contributed by atoms with E-state index in [2.05, 4.69) is 10.1 Å². The third-order valence-corrected chi connectivity index (χ3v) is 3.93. The maximum atomic E-state index is 12.0. The van der Waals surface area contributed by atoms with Gasteiger partial charge in [-0.3, -0.25) is 9.69 Å². The Kier molecular flexibility index (Phi) is 5.88. The lowest BCUT2D eigenvalue weighted by Crippen LogP contribution is -2.50. The highest BCUT2D eigenvalue weighted by Crippen LogP contribution is 2.25. The zero-order chi connectivity index (χ0) is 16.1. The van der Waals surface area contributed by atoms with Crippen LogP contribution in [0.1, 0.15) is 0 Å². The molecule has 0 spiro atoms. The minimum atomic E-state index is -0.336. The molecule has 0 saturated carbocycles. The molecule has 0 aliphatic carbocycles. The summed E-state index contributed by atoms with van der Waals surface area (Å²) in [7, 11) is 1.36. The summed E-state index contributed by atoms with van der Waals surface area (Å²) in [5, 5.41) is 3.67. The van der Waals surface area contributed by atoms with Crippen molar-refractivity contribution in [2.45, 2.75) is 0 Å². The SMILES string of the molecule is COC(=O)N1CCN(CC(=O)Nc2ccc(Cl)cc2Cl)CC1. The molecule has 6 nitrogen and oxygen atoms in total. The molecule has 0 bridgehead atoms. The normalized spacial score (nSPS) is 15.5. The summed E-state index contributed by atoms with van der Waals surface area (Å²) in [5.74, 6) is -0.157. The van der Waals surface area contributed by atoms with E-state index >= 15 is 0 Å².